The molecule has 1 aliphatic heterocycles. The highest BCUT2D eigenvalue weighted by Crippen LogP contribution is 2.25. The van der Waals surface area contributed by atoms with Gasteiger partial charge in [-0.25, -0.2) is 0 Å². The van der Waals surface area contributed by atoms with Gasteiger partial charge in [-0.05, 0) is 12.8 Å². The topological polar surface area (TPSA) is 71.1 Å². The van der Waals surface area contributed by atoms with Crippen LogP contribution in [0.15, 0.2) is 0 Å². The molecule has 6 nitrogen and oxygen atoms in total. The molecule has 1 rings (SSSR count). The molecule has 0 aromatic rings. The molecule has 0 aliphatic carbocycles. The molecular formula is C20H35BrO6. The predicted molar refractivity (Wildman–Crippen MR) is 107 cm³/mol. The number of carbonyl (C=O) groups is 2. The summed E-state index contributed by atoms with van der Waals surface area (Å²) in [5, 5.41) is 1.11. The average molecular weight is 451 g/mol. The molecule has 0 spiro atoms. The van der Waals surface area contributed by atoms with E-state index in [1.165, 1.54) is 58.8 Å². The highest BCUT2D eigenvalue weighted by Gasteiger charge is 2.38. The quantitative estimate of drug-likeness (QED) is 0.207. The van der Waals surface area contributed by atoms with Crippen LogP contribution in [0.3, 0.4) is 0 Å². The summed E-state index contributed by atoms with van der Waals surface area (Å²) in [6, 6.07) is 0. The maximum Gasteiger partial charge on any atom is 0.303 e. The van der Waals surface area contributed by atoms with Crippen LogP contribution in [0.1, 0.15) is 78.1 Å². The Morgan fingerprint density at radius 2 is 1.52 bits per heavy atom. The van der Waals surface area contributed by atoms with Crippen LogP contribution in [-0.4, -0.2) is 49.0 Å². The van der Waals surface area contributed by atoms with Gasteiger partial charge in [-0.2, -0.15) is 0 Å². The largest absolute Gasteiger partial charge is 0.463 e. The van der Waals surface area contributed by atoms with Gasteiger partial charge in [0.15, 0.2) is 6.29 Å². The second-order valence-electron chi connectivity index (χ2n) is 7.03. The number of esters is 2. The molecule has 3 atom stereocenters. The molecule has 0 amide bonds. The summed E-state index contributed by atoms with van der Waals surface area (Å²) in [4.78, 5) is 22.2. The van der Waals surface area contributed by atoms with Gasteiger partial charge in [0, 0.05) is 32.2 Å². The van der Waals surface area contributed by atoms with Gasteiger partial charge in [0.05, 0.1) is 0 Å². The van der Waals surface area contributed by atoms with E-state index in [1.807, 2.05) is 0 Å². The van der Waals surface area contributed by atoms with E-state index in [0.717, 1.165) is 18.2 Å². The summed E-state index contributed by atoms with van der Waals surface area (Å²) < 4.78 is 21.7. The van der Waals surface area contributed by atoms with Crippen molar-refractivity contribution in [1.29, 1.82) is 0 Å². The lowest BCUT2D eigenvalue weighted by Gasteiger charge is -2.17. The van der Waals surface area contributed by atoms with Crippen molar-refractivity contribution >= 4 is 27.9 Å². The fourth-order valence-electron chi connectivity index (χ4n) is 3.12. The summed E-state index contributed by atoms with van der Waals surface area (Å²) >= 11 is 3.46. The average Bonchev–Trinajstić information content (AvgIpc) is 2.98. The molecule has 0 saturated carbocycles. The molecule has 27 heavy (non-hydrogen) atoms. The molecule has 1 fully saturated rings. The van der Waals surface area contributed by atoms with Crippen LogP contribution in [0.2, 0.25) is 0 Å². The number of hydrogen-bond acceptors (Lipinski definition) is 6. The van der Waals surface area contributed by atoms with E-state index in [0.29, 0.717) is 13.0 Å². The minimum atomic E-state index is -0.465. The second-order valence-corrected chi connectivity index (χ2v) is 7.83. The fourth-order valence-corrected chi connectivity index (χ4v) is 3.52. The number of rotatable bonds is 15. The minimum absolute atomic E-state index is 0.0722. The van der Waals surface area contributed by atoms with Gasteiger partial charge in [0.25, 0.3) is 0 Å². The highest BCUT2D eigenvalue weighted by atomic mass is 79.9. The first-order valence-electron chi connectivity index (χ1n) is 10.2. The fraction of sp³-hybridized carbons (Fsp3) is 0.900. The third-order valence-corrected chi connectivity index (χ3v) is 5.08. The third kappa shape index (κ3) is 12.4. The van der Waals surface area contributed by atoms with Crippen LogP contribution in [0.4, 0.5) is 0 Å². The maximum atomic E-state index is 11.2. The summed E-state index contributed by atoms with van der Waals surface area (Å²) in [5.74, 6) is -0.753. The minimum Gasteiger partial charge on any atom is -0.463 e. The Morgan fingerprint density at radius 1 is 0.926 bits per heavy atom. The lowest BCUT2D eigenvalue weighted by molar-refractivity contribution is -0.166. The monoisotopic (exact) mass is 450 g/mol. The zero-order valence-corrected chi connectivity index (χ0v) is 18.3. The Balaban J connectivity index is 2.08. The van der Waals surface area contributed by atoms with Gasteiger partial charge in [-0.3, -0.25) is 9.59 Å². The van der Waals surface area contributed by atoms with Crippen molar-refractivity contribution in [2.75, 3.05) is 18.5 Å². The Bertz CT molecular complexity index is 417. The highest BCUT2D eigenvalue weighted by molar-refractivity contribution is 9.09. The van der Waals surface area contributed by atoms with E-state index in [9.17, 15) is 9.59 Å². The van der Waals surface area contributed by atoms with Crippen LogP contribution in [0.5, 0.6) is 0 Å². The van der Waals surface area contributed by atoms with Crippen LogP contribution in [-0.2, 0) is 28.5 Å². The number of unbranched alkanes of at least 4 members (excludes halogenated alkanes) is 8. The van der Waals surface area contributed by atoms with Gasteiger partial charge < -0.3 is 18.9 Å². The van der Waals surface area contributed by atoms with Gasteiger partial charge in [-0.15, -0.1) is 0 Å². The van der Waals surface area contributed by atoms with Crippen LogP contribution >= 0.6 is 15.9 Å². The van der Waals surface area contributed by atoms with Gasteiger partial charge in [0.1, 0.15) is 18.8 Å². The van der Waals surface area contributed by atoms with Crippen molar-refractivity contribution in [3.8, 4) is 0 Å². The van der Waals surface area contributed by atoms with Gasteiger partial charge in [0.2, 0.25) is 0 Å². The lowest BCUT2D eigenvalue weighted by atomic mass is 10.1. The zero-order valence-electron chi connectivity index (χ0n) is 16.8. The SMILES string of the molecule is CC(=O)OC[C@H]1O[C@H](OCCCCCCCCCCCBr)C[C@@H]1OC(C)=O. The molecule has 0 aromatic carbocycles. The molecule has 158 valence electrons. The normalized spacial score (nSPS) is 22.0. The van der Waals surface area contributed by atoms with Crippen molar-refractivity contribution in [3.05, 3.63) is 0 Å². The zero-order chi connectivity index (χ0) is 19.9. The first kappa shape index (κ1) is 24.4. The molecule has 0 radical (unpaired) electrons. The summed E-state index contributed by atoms with van der Waals surface area (Å²) in [6.07, 6.45) is 10.4. The van der Waals surface area contributed by atoms with Crippen molar-refractivity contribution in [1.82, 2.24) is 0 Å². The molecule has 0 N–H and O–H groups in total. The van der Waals surface area contributed by atoms with Gasteiger partial charge >= 0.3 is 11.9 Å². The molecule has 1 heterocycles. The van der Waals surface area contributed by atoms with E-state index in [2.05, 4.69) is 15.9 Å². The number of halogens is 1. The van der Waals surface area contributed by atoms with Crippen LogP contribution in [0.25, 0.3) is 0 Å². The maximum absolute atomic E-state index is 11.2. The smallest absolute Gasteiger partial charge is 0.303 e. The molecular weight excluding hydrogens is 416 g/mol. The Labute approximate surface area is 171 Å². The number of ether oxygens (including phenoxy) is 4. The first-order chi connectivity index (χ1) is 13.0. The van der Waals surface area contributed by atoms with E-state index in [1.54, 1.807) is 0 Å². The molecule has 1 saturated heterocycles. The van der Waals surface area contributed by atoms with Crippen LogP contribution < -0.4 is 0 Å². The molecule has 0 bridgehead atoms. The van der Waals surface area contributed by atoms with Crippen molar-refractivity contribution in [2.45, 2.75) is 96.6 Å². The molecule has 7 heteroatoms. The molecule has 0 aromatic heterocycles. The van der Waals surface area contributed by atoms with E-state index in [4.69, 9.17) is 18.9 Å². The molecule has 0 unspecified atom stereocenters. The van der Waals surface area contributed by atoms with E-state index < -0.39 is 18.5 Å². The Morgan fingerprint density at radius 3 is 2.07 bits per heavy atom. The van der Waals surface area contributed by atoms with Crippen molar-refractivity contribution in [2.24, 2.45) is 0 Å². The van der Waals surface area contributed by atoms with Crippen molar-refractivity contribution in [3.63, 3.8) is 0 Å². The van der Waals surface area contributed by atoms with E-state index >= 15 is 0 Å². The lowest BCUT2D eigenvalue weighted by Crippen LogP contribution is -2.31. The number of carbonyl (C=O) groups excluding carboxylic acids is 2. The predicted octanol–water partition coefficient (Wildman–Crippen LogP) is 4.52. The summed E-state index contributed by atoms with van der Waals surface area (Å²) in [7, 11) is 0. The second kappa shape index (κ2) is 15.3. The Hall–Kier alpha value is -0.660. The van der Waals surface area contributed by atoms with E-state index in [-0.39, 0.29) is 18.5 Å². The molecule has 1 aliphatic rings. The standard InChI is InChI=1S/C20H35BrO6/c1-16(22)25-15-19-18(26-17(2)23)14-20(27-19)24-13-11-9-7-5-3-4-6-8-10-12-21/h18-20H,3-15H2,1-2H3/t18-,19+,20-/m0/s1. The van der Waals surface area contributed by atoms with Crippen LogP contribution in [0, 0.1) is 0 Å². The number of hydrogen-bond donors (Lipinski definition) is 0. The van der Waals surface area contributed by atoms with Gasteiger partial charge in [-0.1, -0.05) is 60.9 Å². The summed E-state index contributed by atoms with van der Waals surface area (Å²) in [6.45, 7) is 3.40. The van der Waals surface area contributed by atoms with Crippen molar-refractivity contribution < 1.29 is 28.5 Å². The Kier molecular flexibility index (Phi) is 13.8. The summed E-state index contributed by atoms with van der Waals surface area (Å²) in [5.41, 5.74) is 0. The number of alkyl halides is 1. The third-order valence-electron chi connectivity index (χ3n) is 4.52. The first-order valence-corrected chi connectivity index (χ1v) is 11.3.